The minimum absolute atomic E-state index is 0.506. The highest BCUT2D eigenvalue weighted by molar-refractivity contribution is 5.92. The van der Waals surface area contributed by atoms with Gasteiger partial charge in [-0.1, -0.05) is 206 Å². The molecule has 0 aromatic heterocycles. The summed E-state index contributed by atoms with van der Waals surface area (Å²) in [6.07, 6.45) is 0. The van der Waals surface area contributed by atoms with Crippen molar-refractivity contribution in [1.29, 1.82) is 0 Å². The van der Waals surface area contributed by atoms with Crippen LogP contribution in [0.4, 0.5) is 17.1 Å². The second-order valence-electron chi connectivity index (χ2n) is 15.7. The fourth-order valence-corrected chi connectivity index (χ4v) is 9.61. The molecule has 0 aliphatic heterocycles. The average Bonchev–Trinajstić information content (AvgIpc) is 3.63. The zero-order valence-electron chi connectivity index (χ0n) is 33.1. The normalized spacial score (nSPS) is 12.5. The van der Waals surface area contributed by atoms with Gasteiger partial charge in [-0.3, -0.25) is 0 Å². The molecule has 0 heterocycles. The maximum Gasteiger partial charge on any atom is 0.0714 e. The van der Waals surface area contributed by atoms with E-state index in [0.717, 1.165) is 17.1 Å². The van der Waals surface area contributed by atoms with Crippen molar-refractivity contribution in [3.05, 3.63) is 271 Å². The Balaban J connectivity index is 1.11. The van der Waals surface area contributed by atoms with Crippen molar-refractivity contribution in [2.45, 2.75) is 5.41 Å². The van der Waals surface area contributed by atoms with E-state index >= 15 is 0 Å². The first-order valence-corrected chi connectivity index (χ1v) is 20.8. The molecule has 1 heteroatoms. The lowest BCUT2D eigenvalue weighted by atomic mass is 9.67. The third kappa shape index (κ3) is 5.94. The molecule has 0 fully saturated rings. The third-order valence-electron chi connectivity index (χ3n) is 12.3. The standard InChI is InChI=1S/C59H41N/c1-4-18-43(19-5-1)53-27-12-13-28-54(53)44-33-35-50(36-34-44)60(51-26-16-21-46(40-51)47-32-31-42-17-10-11-20-45(42)39-47)52-37-38-56-55-29-14-15-30-57(55)59(58(56)41-52,48-22-6-2-7-23-48)49-24-8-3-9-25-49/h1-41H. The van der Waals surface area contributed by atoms with Crippen LogP contribution in [0.3, 0.4) is 0 Å². The topological polar surface area (TPSA) is 3.24 Å². The van der Waals surface area contributed by atoms with Crippen molar-refractivity contribution in [2.24, 2.45) is 0 Å². The number of rotatable bonds is 8. The second-order valence-corrected chi connectivity index (χ2v) is 15.7. The summed E-state index contributed by atoms with van der Waals surface area (Å²) >= 11 is 0. The molecule has 0 saturated heterocycles. The van der Waals surface area contributed by atoms with Gasteiger partial charge in [-0.25, -0.2) is 0 Å². The van der Waals surface area contributed by atoms with Crippen molar-refractivity contribution in [3.8, 4) is 44.5 Å². The molecule has 0 atom stereocenters. The van der Waals surface area contributed by atoms with Crippen LogP contribution in [0.25, 0.3) is 55.3 Å². The van der Waals surface area contributed by atoms with Crippen LogP contribution in [0.15, 0.2) is 249 Å². The molecule has 0 bridgehead atoms. The first-order valence-electron chi connectivity index (χ1n) is 20.8. The van der Waals surface area contributed by atoms with Gasteiger partial charge in [0, 0.05) is 17.1 Å². The summed E-state index contributed by atoms with van der Waals surface area (Å²) in [5, 5.41) is 2.48. The number of anilines is 3. The monoisotopic (exact) mass is 763 g/mol. The number of fused-ring (bicyclic) bond motifs is 4. The van der Waals surface area contributed by atoms with E-state index in [1.165, 1.54) is 77.5 Å². The van der Waals surface area contributed by atoms with Crippen molar-refractivity contribution in [3.63, 3.8) is 0 Å². The zero-order valence-corrected chi connectivity index (χ0v) is 33.1. The van der Waals surface area contributed by atoms with E-state index in [2.05, 4.69) is 254 Å². The molecule has 60 heavy (non-hydrogen) atoms. The minimum Gasteiger partial charge on any atom is -0.310 e. The Labute approximate surface area is 352 Å². The quantitative estimate of drug-likeness (QED) is 0.149. The van der Waals surface area contributed by atoms with Crippen LogP contribution < -0.4 is 4.90 Å². The molecular formula is C59H41N. The van der Waals surface area contributed by atoms with Gasteiger partial charge in [0.05, 0.1) is 5.41 Å². The molecule has 10 aromatic carbocycles. The van der Waals surface area contributed by atoms with Crippen LogP contribution in [0.1, 0.15) is 22.3 Å². The lowest BCUT2D eigenvalue weighted by Crippen LogP contribution is -2.28. The molecule has 10 aromatic rings. The summed E-state index contributed by atoms with van der Waals surface area (Å²) in [5.74, 6) is 0. The Bertz CT molecular complexity index is 3090. The van der Waals surface area contributed by atoms with Crippen molar-refractivity contribution < 1.29 is 0 Å². The van der Waals surface area contributed by atoms with E-state index in [1.54, 1.807) is 0 Å². The fourth-order valence-electron chi connectivity index (χ4n) is 9.61. The van der Waals surface area contributed by atoms with Crippen LogP contribution >= 0.6 is 0 Å². The van der Waals surface area contributed by atoms with E-state index in [1.807, 2.05) is 0 Å². The highest BCUT2D eigenvalue weighted by atomic mass is 15.1. The van der Waals surface area contributed by atoms with Gasteiger partial charge in [-0.2, -0.15) is 0 Å². The summed E-state index contributed by atoms with van der Waals surface area (Å²) in [6, 6.07) is 91.1. The summed E-state index contributed by atoms with van der Waals surface area (Å²) < 4.78 is 0. The molecule has 1 nitrogen and oxygen atoms in total. The number of benzene rings is 10. The maximum absolute atomic E-state index is 2.46. The van der Waals surface area contributed by atoms with Gasteiger partial charge in [0.25, 0.3) is 0 Å². The van der Waals surface area contributed by atoms with Crippen LogP contribution in [-0.2, 0) is 5.41 Å². The number of hydrogen-bond acceptors (Lipinski definition) is 1. The first-order chi connectivity index (χ1) is 29.8. The van der Waals surface area contributed by atoms with Gasteiger partial charge in [0.2, 0.25) is 0 Å². The smallest absolute Gasteiger partial charge is 0.0714 e. The molecule has 0 unspecified atom stereocenters. The van der Waals surface area contributed by atoms with Crippen LogP contribution in [0.2, 0.25) is 0 Å². The van der Waals surface area contributed by atoms with Gasteiger partial charge >= 0.3 is 0 Å². The minimum atomic E-state index is -0.506. The summed E-state index contributed by atoms with van der Waals surface area (Å²) in [7, 11) is 0. The highest BCUT2D eigenvalue weighted by Crippen LogP contribution is 2.57. The third-order valence-corrected chi connectivity index (χ3v) is 12.3. The van der Waals surface area contributed by atoms with Crippen molar-refractivity contribution in [2.75, 3.05) is 4.90 Å². The Morgan fingerprint density at radius 1 is 0.250 bits per heavy atom. The Morgan fingerprint density at radius 2 is 0.733 bits per heavy atom. The van der Waals surface area contributed by atoms with Gasteiger partial charge in [0.15, 0.2) is 0 Å². The van der Waals surface area contributed by atoms with Crippen molar-refractivity contribution in [1.82, 2.24) is 0 Å². The Hall–Kier alpha value is -7.74. The molecule has 0 saturated carbocycles. The average molecular weight is 764 g/mol. The predicted molar refractivity (Wildman–Crippen MR) is 252 cm³/mol. The van der Waals surface area contributed by atoms with E-state index in [4.69, 9.17) is 0 Å². The molecule has 0 radical (unpaired) electrons. The molecule has 0 amide bonds. The molecule has 0 N–H and O–H groups in total. The van der Waals surface area contributed by atoms with Crippen LogP contribution in [0.5, 0.6) is 0 Å². The predicted octanol–water partition coefficient (Wildman–Crippen LogP) is 15.7. The largest absolute Gasteiger partial charge is 0.310 e. The van der Waals surface area contributed by atoms with Gasteiger partial charge in [-0.05, 0) is 120 Å². The van der Waals surface area contributed by atoms with E-state index in [9.17, 15) is 0 Å². The molecule has 282 valence electrons. The molecule has 0 spiro atoms. The number of hydrogen-bond donors (Lipinski definition) is 0. The zero-order chi connectivity index (χ0) is 39.9. The Morgan fingerprint density at radius 3 is 1.43 bits per heavy atom. The van der Waals surface area contributed by atoms with Gasteiger partial charge in [0.1, 0.15) is 0 Å². The van der Waals surface area contributed by atoms with Crippen molar-refractivity contribution >= 4 is 27.8 Å². The van der Waals surface area contributed by atoms with Gasteiger partial charge < -0.3 is 4.90 Å². The van der Waals surface area contributed by atoms with Crippen LogP contribution in [-0.4, -0.2) is 0 Å². The van der Waals surface area contributed by atoms with Crippen LogP contribution in [0, 0.1) is 0 Å². The lowest BCUT2D eigenvalue weighted by molar-refractivity contribution is 0.768. The second kappa shape index (κ2) is 14.9. The summed E-state index contributed by atoms with van der Waals surface area (Å²) in [6.45, 7) is 0. The Kier molecular flexibility index (Phi) is 8.79. The highest BCUT2D eigenvalue weighted by Gasteiger charge is 2.46. The lowest BCUT2D eigenvalue weighted by Gasteiger charge is -2.35. The molecule has 1 aliphatic rings. The maximum atomic E-state index is 2.46. The molecule has 1 aliphatic carbocycles. The molecule has 11 rings (SSSR count). The summed E-state index contributed by atoms with van der Waals surface area (Å²) in [5.41, 5.74) is 17.6. The summed E-state index contributed by atoms with van der Waals surface area (Å²) in [4.78, 5) is 2.43. The first kappa shape index (κ1) is 35.4. The van der Waals surface area contributed by atoms with E-state index in [0.29, 0.717) is 0 Å². The molecular weight excluding hydrogens is 723 g/mol. The fraction of sp³-hybridized carbons (Fsp3) is 0.0169. The van der Waals surface area contributed by atoms with E-state index < -0.39 is 5.41 Å². The SMILES string of the molecule is c1ccc(-c2ccccc2-c2ccc(N(c3cccc(-c4ccc5ccccc5c4)c3)c3ccc4c(c3)C(c3ccccc3)(c3ccccc3)c3ccccc3-4)cc2)cc1. The van der Waals surface area contributed by atoms with E-state index in [-0.39, 0.29) is 0 Å². The number of nitrogens with zero attached hydrogens (tertiary/aromatic N) is 1. The van der Waals surface area contributed by atoms with Gasteiger partial charge in [-0.15, -0.1) is 0 Å².